The minimum absolute atomic E-state index is 0.127. The molecule has 1 fully saturated rings. The molecule has 0 saturated carbocycles. The number of hydrogen-bond donors (Lipinski definition) is 0. The highest BCUT2D eigenvalue weighted by atomic mass is 16.5. The first-order valence-electron chi connectivity index (χ1n) is 10.7. The number of piperidine rings is 1. The Kier molecular flexibility index (Phi) is 5.31. The second-order valence-electron chi connectivity index (χ2n) is 8.21. The molecule has 1 amide bonds. The molecule has 4 heteroatoms. The Morgan fingerprint density at radius 2 is 1.65 bits per heavy atom. The monoisotopic (exact) mass is 410 g/mol. The van der Waals surface area contributed by atoms with Crippen LogP contribution in [0.25, 0.3) is 21.5 Å². The number of carboxylic acid groups (broad SMARTS) is 1. The number of likely N-dealkylation sites (tertiary alicyclic amines) is 1. The summed E-state index contributed by atoms with van der Waals surface area (Å²) in [6.45, 7) is 1.23. The van der Waals surface area contributed by atoms with Crippen LogP contribution in [-0.4, -0.2) is 30.2 Å². The lowest BCUT2D eigenvalue weighted by atomic mass is 9.84. The maximum atomic E-state index is 11.5. The number of rotatable bonds is 4. The summed E-state index contributed by atoms with van der Waals surface area (Å²) >= 11 is 0. The summed E-state index contributed by atoms with van der Waals surface area (Å²) in [6, 6.07) is 29.2. The van der Waals surface area contributed by atoms with Crippen molar-refractivity contribution in [1.29, 1.82) is 0 Å². The molecular weight excluding hydrogens is 386 g/mol. The molecule has 2 atom stereocenters. The standard InChI is InChI=1S/C27H25NO3/c29-27(30)28-15-14-25(24-11-5-9-21-7-3-4-10-23(21)24)26(17-28)31-18-19-12-13-20-6-1-2-8-22(20)16-19/h1-13,16,25-26H,14-15,17-18H2,(H,29,30)/p-1. The van der Waals surface area contributed by atoms with E-state index in [-0.39, 0.29) is 12.0 Å². The molecule has 1 saturated heterocycles. The molecule has 5 rings (SSSR count). The van der Waals surface area contributed by atoms with Crippen molar-refractivity contribution in [3.8, 4) is 0 Å². The van der Waals surface area contributed by atoms with E-state index in [0.717, 1.165) is 5.56 Å². The van der Waals surface area contributed by atoms with Gasteiger partial charge in [0, 0.05) is 19.0 Å². The van der Waals surface area contributed by atoms with Crippen LogP contribution >= 0.6 is 0 Å². The van der Waals surface area contributed by atoms with E-state index in [1.807, 2.05) is 24.3 Å². The van der Waals surface area contributed by atoms with Gasteiger partial charge in [0.15, 0.2) is 0 Å². The molecule has 4 aromatic carbocycles. The van der Waals surface area contributed by atoms with Crippen molar-refractivity contribution in [3.63, 3.8) is 0 Å². The van der Waals surface area contributed by atoms with Gasteiger partial charge in [0.05, 0.1) is 12.7 Å². The highest BCUT2D eigenvalue weighted by molar-refractivity contribution is 5.86. The molecule has 1 heterocycles. The lowest BCUT2D eigenvalue weighted by molar-refractivity contribution is -0.268. The number of benzene rings is 4. The van der Waals surface area contributed by atoms with Crippen LogP contribution in [0.2, 0.25) is 0 Å². The average Bonchev–Trinajstić information content (AvgIpc) is 2.82. The number of carbonyl (C=O) groups is 1. The van der Waals surface area contributed by atoms with Gasteiger partial charge in [-0.2, -0.15) is 0 Å². The van der Waals surface area contributed by atoms with Crippen molar-refractivity contribution >= 4 is 27.6 Å². The third-order valence-corrected chi connectivity index (χ3v) is 6.32. The summed E-state index contributed by atoms with van der Waals surface area (Å²) in [5.74, 6) is 0.127. The number of ether oxygens (including phenoxy) is 1. The maximum Gasteiger partial charge on any atom is 0.137 e. The molecule has 0 bridgehead atoms. The molecule has 31 heavy (non-hydrogen) atoms. The fraction of sp³-hybridized carbons (Fsp3) is 0.222. The summed E-state index contributed by atoms with van der Waals surface area (Å²) < 4.78 is 6.38. The number of hydrogen-bond acceptors (Lipinski definition) is 3. The van der Waals surface area contributed by atoms with Crippen LogP contribution in [0.3, 0.4) is 0 Å². The Morgan fingerprint density at radius 3 is 2.48 bits per heavy atom. The SMILES string of the molecule is O=C([O-])N1CCC(c2cccc3ccccc23)C(OCc2ccc3ccccc3c2)C1. The molecule has 0 N–H and O–H groups in total. The number of nitrogens with zero attached hydrogens (tertiary/aromatic N) is 1. The Bertz CT molecular complexity index is 1230. The predicted molar refractivity (Wildman–Crippen MR) is 121 cm³/mol. The molecule has 156 valence electrons. The largest absolute Gasteiger partial charge is 0.530 e. The van der Waals surface area contributed by atoms with Crippen LogP contribution in [0.5, 0.6) is 0 Å². The summed E-state index contributed by atoms with van der Waals surface area (Å²) in [7, 11) is 0. The Hall–Kier alpha value is -3.37. The van der Waals surface area contributed by atoms with Gasteiger partial charge in [-0.25, -0.2) is 0 Å². The van der Waals surface area contributed by atoms with Crippen molar-refractivity contribution in [2.45, 2.75) is 25.0 Å². The zero-order valence-corrected chi connectivity index (χ0v) is 17.2. The van der Waals surface area contributed by atoms with E-state index in [9.17, 15) is 9.90 Å². The van der Waals surface area contributed by atoms with Crippen LogP contribution in [0.4, 0.5) is 4.79 Å². The molecule has 1 aliphatic rings. The third kappa shape index (κ3) is 3.99. The summed E-state index contributed by atoms with van der Waals surface area (Å²) in [6.07, 6.45) is -0.649. The van der Waals surface area contributed by atoms with E-state index in [2.05, 4.69) is 60.7 Å². The van der Waals surface area contributed by atoms with E-state index in [1.54, 1.807) is 0 Å². The highest BCUT2D eigenvalue weighted by Crippen LogP contribution is 2.35. The second-order valence-corrected chi connectivity index (χ2v) is 8.21. The van der Waals surface area contributed by atoms with Crippen LogP contribution in [0.15, 0.2) is 84.9 Å². The first-order valence-corrected chi connectivity index (χ1v) is 10.7. The van der Waals surface area contributed by atoms with Crippen molar-refractivity contribution in [2.75, 3.05) is 13.1 Å². The smallest absolute Gasteiger partial charge is 0.137 e. The van der Waals surface area contributed by atoms with E-state index in [0.29, 0.717) is 26.1 Å². The van der Waals surface area contributed by atoms with E-state index >= 15 is 0 Å². The summed E-state index contributed by atoms with van der Waals surface area (Å²) in [4.78, 5) is 12.9. The summed E-state index contributed by atoms with van der Waals surface area (Å²) in [5.41, 5.74) is 2.31. The maximum absolute atomic E-state index is 11.5. The van der Waals surface area contributed by atoms with Gasteiger partial charge in [-0.05, 0) is 45.2 Å². The molecule has 4 aromatic rings. The molecule has 0 aromatic heterocycles. The number of amides is 1. The van der Waals surface area contributed by atoms with Crippen molar-refractivity contribution in [1.82, 2.24) is 4.90 Å². The molecule has 0 spiro atoms. The molecular formula is C27H24NO3-. The van der Waals surface area contributed by atoms with Gasteiger partial charge in [-0.1, -0.05) is 78.9 Å². The fourth-order valence-electron chi connectivity index (χ4n) is 4.71. The lowest BCUT2D eigenvalue weighted by Crippen LogP contribution is -2.51. The van der Waals surface area contributed by atoms with Crippen molar-refractivity contribution < 1.29 is 14.6 Å². The fourth-order valence-corrected chi connectivity index (χ4v) is 4.71. The molecule has 1 aliphatic heterocycles. The summed E-state index contributed by atoms with van der Waals surface area (Å²) in [5, 5.41) is 16.3. The lowest BCUT2D eigenvalue weighted by Gasteiger charge is -2.40. The minimum atomic E-state index is -1.13. The topological polar surface area (TPSA) is 52.6 Å². The van der Waals surface area contributed by atoms with Gasteiger partial charge in [0.25, 0.3) is 0 Å². The zero-order chi connectivity index (χ0) is 21.2. The van der Waals surface area contributed by atoms with E-state index in [1.165, 1.54) is 32.0 Å². The van der Waals surface area contributed by atoms with Gasteiger partial charge >= 0.3 is 0 Å². The minimum Gasteiger partial charge on any atom is -0.530 e. The normalized spacial score (nSPS) is 19.0. The van der Waals surface area contributed by atoms with Crippen molar-refractivity contribution in [2.24, 2.45) is 0 Å². The van der Waals surface area contributed by atoms with E-state index in [4.69, 9.17) is 4.74 Å². The first kappa shape index (κ1) is 19.6. The average molecular weight is 410 g/mol. The number of carbonyl (C=O) groups excluding carboxylic acids is 1. The van der Waals surface area contributed by atoms with Gasteiger partial charge in [0.2, 0.25) is 0 Å². The first-order chi connectivity index (χ1) is 15.2. The van der Waals surface area contributed by atoms with Gasteiger partial charge in [0.1, 0.15) is 6.09 Å². The van der Waals surface area contributed by atoms with Gasteiger partial charge in [-0.3, -0.25) is 0 Å². The van der Waals surface area contributed by atoms with Crippen LogP contribution in [0, 0.1) is 0 Å². The predicted octanol–water partition coefficient (Wildman–Crippen LogP) is 4.71. The Labute approximate surface area is 181 Å². The molecule has 4 nitrogen and oxygen atoms in total. The third-order valence-electron chi connectivity index (χ3n) is 6.32. The Balaban J connectivity index is 1.43. The van der Waals surface area contributed by atoms with Crippen LogP contribution in [-0.2, 0) is 11.3 Å². The zero-order valence-electron chi connectivity index (χ0n) is 17.2. The van der Waals surface area contributed by atoms with Crippen LogP contribution in [0.1, 0.15) is 23.5 Å². The van der Waals surface area contributed by atoms with Gasteiger partial charge < -0.3 is 19.5 Å². The Morgan fingerprint density at radius 1 is 0.903 bits per heavy atom. The van der Waals surface area contributed by atoms with Gasteiger partial charge in [-0.15, -0.1) is 0 Å². The van der Waals surface area contributed by atoms with Crippen molar-refractivity contribution in [3.05, 3.63) is 96.1 Å². The van der Waals surface area contributed by atoms with E-state index < -0.39 is 6.09 Å². The number of fused-ring (bicyclic) bond motifs is 2. The molecule has 0 radical (unpaired) electrons. The van der Waals surface area contributed by atoms with Crippen LogP contribution < -0.4 is 5.11 Å². The second kappa shape index (κ2) is 8.40. The molecule has 2 unspecified atom stereocenters. The molecule has 0 aliphatic carbocycles. The quantitative estimate of drug-likeness (QED) is 0.490. The highest BCUT2D eigenvalue weighted by Gasteiger charge is 2.32.